The maximum atomic E-state index is 12.3. The standard InChI is InChI=1S/C15H15N5OS/c21-14(15-19-11-9-16-5-4-12(11)22-15)18-8-10-7-17-13-3-1-2-6-20(10)13/h4-5,7,9H,1-3,6,8H2,(H,18,21). The molecule has 4 heterocycles. The molecule has 22 heavy (non-hydrogen) atoms. The molecule has 0 saturated heterocycles. The summed E-state index contributed by atoms with van der Waals surface area (Å²) in [6, 6.07) is 1.87. The summed E-state index contributed by atoms with van der Waals surface area (Å²) < 4.78 is 3.19. The summed E-state index contributed by atoms with van der Waals surface area (Å²) in [6.45, 7) is 1.48. The molecule has 7 heteroatoms. The number of rotatable bonds is 3. The first-order valence-electron chi connectivity index (χ1n) is 7.33. The van der Waals surface area contributed by atoms with Crippen LogP contribution in [0.1, 0.15) is 34.2 Å². The first-order valence-corrected chi connectivity index (χ1v) is 8.15. The van der Waals surface area contributed by atoms with Crippen molar-refractivity contribution in [2.45, 2.75) is 32.4 Å². The molecule has 112 valence electrons. The zero-order chi connectivity index (χ0) is 14.9. The molecule has 3 aromatic rings. The monoisotopic (exact) mass is 313 g/mol. The van der Waals surface area contributed by atoms with Crippen LogP contribution in [0.2, 0.25) is 0 Å². The number of aryl methyl sites for hydroxylation is 1. The second-order valence-electron chi connectivity index (χ2n) is 5.32. The molecule has 1 aliphatic rings. The van der Waals surface area contributed by atoms with Crippen LogP contribution in [0.25, 0.3) is 10.2 Å². The van der Waals surface area contributed by atoms with E-state index >= 15 is 0 Å². The Morgan fingerprint density at radius 3 is 3.23 bits per heavy atom. The average Bonchev–Trinajstić information content (AvgIpc) is 3.16. The van der Waals surface area contributed by atoms with Gasteiger partial charge in [0.15, 0.2) is 5.01 Å². The van der Waals surface area contributed by atoms with Crippen molar-refractivity contribution in [3.05, 3.63) is 41.2 Å². The van der Waals surface area contributed by atoms with Gasteiger partial charge < -0.3 is 9.88 Å². The van der Waals surface area contributed by atoms with Gasteiger partial charge in [-0.3, -0.25) is 9.78 Å². The number of thiazole rings is 1. The smallest absolute Gasteiger partial charge is 0.280 e. The number of nitrogens with one attached hydrogen (secondary N) is 1. The minimum absolute atomic E-state index is 0.146. The van der Waals surface area contributed by atoms with Gasteiger partial charge >= 0.3 is 0 Å². The van der Waals surface area contributed by atoms with Crippen molar-refractivity contribution >= 4 is 27.5 Å². The van der Waals surface area contributed by atoms with Gasteiger partial charge in [0.25, 0.3) is 5.91 Å². The van der Waals surface area contributed by atoms with Crippen molar-refractivity contribution in [1.29, 1.82) is 0 Å². The number of aromatic nitrogens is 4. The van der Waals surface area contributed by atoms with Crippen molar-refractivity contribution in [2.75, 3.05) is 0 Å². The van der Waals surface area contributed by atoms with Crippen LogP contribution in [0.5, 0.6) is 0 Å². The lowest BCUT2D eigenvalue weighted by Gasteiger charge is -2.16. The maximum Gasteiger partial charge on any atom is 0.280 e. The number of hydrogen-bond donors (Lipinski definition) is 1. The normalized spacial score (nSPS) is 14.0. The van der Waals surface area contributed by atoms with Gasteiger partial charge in [0.1, 0.15) is 11.3 Å². The van der Waals surface area contributed by atoms with Crippen LogP contribution in [-0.4, -0.2) is 25.4 Å². The highest BCUT2D eigenvalue weighted by molar-refractivity contribution is 7.20. The van der Waals surface area contributed by atoms with E-state index in [1.807, 2.05) is 12.3 Å². The first kappa shape index (κ1) is 13.4. The first-order chi connectivity index (χ1) is 10.8. The number of carbonyl (C=O) groups excluding carboxylic acids is 1. The van der Waals surface area contributed by atoms with Gasteiger partial charge in [-0.15, -0.1) is 11.3 Å². The summed E-state index contributed by atoms with van der Waals surface area (Å²) in [5.41, 5.74) is 1.82. The molecule has 1 aliphatic heterocycles. The van der Waals surface area contributed by atoms with Crippen LogP contribution in [0, 0.1) is 0 Å². The lowest BCUT2D eigenvalue weighted by molar-refractivity contribution is 0.0949. The van der Waals surface area contributed by atoms with Crippen LogP contribution in [0.15, 0.2) is 24.7 Å². The van der Waals surface area contributed by atoms with Crippen LogP contribution >= 0.6 is 11.3 Å². The van der Waals surface area contributed by atoms with E-state index in [1.54, 1.807) is 12.4 Å². The number of amides is 1. The molecule has 0 aromatic carbocycles. The summed E-state index contributed by atoms with van der Waals surface area (Å²) in [7, 11) is 0. The van der Waals surface area contributed by atoms with E-state index in [0.717, 1.165) is 34.7 Å². The zero-order valence-corrected chi connectivity index (χ0v) is 12.8. The molecule has 0 aliphatic carbocycles. The molecule has 0 saturated carbocycles. The lowest BCUT2D eigenvalue weighted by atomic mass is 10.1. The highest BCUT2D eigenvalue weighted by Crippen LogP contribution is 2.21. The highest BCUT2D eigenvalue weighted by atomic mass is 32.1. The minimum atomic E-state index is -0.146. The molecule has 0 atom stereocenters. The quantitative estimate of drug-likeness (QED) is 0.804. The van der Waals surface area contributed by atoms with Crippen LogP contribution in [0.4, 0.5) is 0 Å². The van der Waals surface area contributed by atoms with Gasteiger partial charge in [-0.25, -0.2) is 9.97 Å². The molecular formula is C15H15N5OS. The van der Waals surface area contributed by atoms with E-state index in [-0.39, 0.29) is 5.91 Å². The molecule has 1 amide bonds. The molecule has 3 aromatic heterocycles. The van der Waals surface area contributed by atoms with Gasteiger partial charge in [0, 0.05) is 19.2 Å². The van der Waals surface area contributed by atoms with E-state index in [1.165, 1.54) is 24.2 Å². The minimum Gasteiger partial charge on any atom is -0.344 e. The van der Waals surface area contributed by atoms with Crippen molar-refractivity contribution in [1.82, 2.24) is 24.8 Å². The third kappa shape index (κ3) is 2.37. The Hall–Kier alpha value is -2.28. The van der Waals surface area contributed by atoms with Crippen LogP contribution < -0.4 is 5.32 Å². The fourth-order valence-electron chi connectivity index (χ4n) is 2.74. The maximum absolute atomic E-state index is 12.3. The Labute approximate surface area is 131 Å². The molecule has 0 unspecified atom stereocenters. The van der Waals surface area contributed by atoms with Crippen LogP contribution in [-0.2, 0) is 19.5 Å². The summed E-state index contributed by atoms with van der Waals surface area (Å²) in [5, 5.41) is 3.41. The highest BCUT2D eigenvalue weighted by Gasteiger charge is 2.16. The fraction of sp³-hybridized carbons (Fsp3) is 0.333. The topological polar surface area (TPSA) is 72.7 Å². The second kappa shape index (κ2) is 5.49. The van der Waals surface area contributed by atoms with E-state index in [4.69, 9.17) is 0 Å². The molecule has 6 nitrogen and oxygen atoms in total. The molecular weight excluding hydrogens is 298 g/mol. The lowest BCUT2D eigenvalue weighted by Crippen LogP contribution is -2.25. The van der Waals surface area contributed by atoms with Gasteiger partial charge in [0.05, 0.1) is 29.3 Å². The van der Waals surface area contributed by atoms with Gasteiger partial charge in [-0.2, -0.15) is 0 Å². The van der Waals surface area contributed by atoms with Crippen LogP contribution in [0.3, 0.4) is 0 Å². The summed E-state index contributed by atoms with van der Waals surface area (Å²) in [4.78, 5) is 25.0. The number of fused-ring (bicyclic) bond motifs is 2. The molecule has 4 rings (SSSR count). The Kier molecular flexibility index (Phi) is 3.34. The number of nitrogens with zero attached hydrogens (tertiary/aromatic N) is 4. The van der Waals surface area contributed by atoms with Gasteiger partial charge in [0.2, 0.25) is 0 Å². The predicted molar refractivity (Wildman–Crippen MR) is 83.8 cm³/mol. The molecule has 0 bridgehead atoms. The van der Waals surface area contributed by atoms with E-state index in [2.05, 4.69) is 24.8 Å². The molecule has 0 spiro atoms. The van der Waals surface area contributed by atoms with Crippen molar-refractivity contribution in [3.63, 3.8) is 0 Å². The summed E-state index contributed by atoms with van der Waals surface area (Å²) >= 11 is 1.39. The van der Waals surface area contributed by atoms with E-state index in [9.17, 15) is 4.79 Å². The summed E-state index contributed by atoms with van der Waals surface area (Å²) in [6.07, 6.45) is 8.65. The number of imidazole rings is 1. The Bertz CT molecular complexity index is 804. The van der Waals surface area contributed by atoms with E-state index in [0.29, 0.717) is 11.6 Å². The Morgan fingerprint density at radius 1 is 1.36 bits per heavy atom. The number of hydrogen-bond acceptors (Lipinski definition) is 5. The second-order valence-corrected chi connectivity index (χ2v) is 6.35. The SMILES string of the molecule is O=C(NCc1cnc2n1CCCC2)c1nc2cnccc2s1. The molecule has 0 fully saturated rings. The van der Waals surface area contributed by atoms with Gasteiger partial charge in [-0.05, 0) is 18.9 Å². The third-order valence-electron chi connectivity index (χ3n) is 3.87. The summed E-state index contributed by atoms with van der Waals surface area (Å²) in [5.74, 6) is 0.981. The van der Waals surface area contributed by atoms with Crippen molar-refractivity contribution in [3.8, 4) is 0 Å². The van der Waals surface area contributed by atoms with Crippen molar-refractivity contribution in [2.24, 2.45) is 0 Å². The Morgan fingerprint density at radius 2 is 2.32 bits per heavy atom. The van der Waals surface area contributed by atoms with Crippen molar-refractivity contribution < 1.29 is 4.79 Å². The average molecular weight is 313 g/mol. The largest absolute Gasteiger partial charge is 0.344 e. The fourth-order valence-corrected chi connectivity index (χ4v) is 3.59. The van der Waals surface area contributed by atoms with Gasteiger partial charge in [-0.1, -0.05) is 0 Å². The number of pyridine rings is 1. The van der Waals surface area contributed by atoms with E-state index < -0.39 is 0 Å². The zero-order valence-electron chi connectivity index (χ0n) is 12.0. The number of carbonyl (C=O) groups is 1. The molecule has 1 N–H and O–H groups in total. The Balaban J connectivity index is 1.49. The third-order valence-corrected chi connectivity index (χ3v) is 4.90. The predicted octanol–water partition coefficient (Wildman–Crippen LogP) is 2.15. The molecule has 0 radical (unpaired) electrons.